The molecule has 0 bridgehead atoms. The van der Waals surface area contributed by atoms with E-state index >= 15 is 0 Å². The molecule has 1 aromatic rings. The summed E-state index contributed by atoms with van der Waals surface area (Å²) in [5.74, 6) is 1.09. The third-order valence-corrected chi connectivity index (χ3v) is 3.61. The molecule has 0 aromatic heterocycles. The molecule has 3 nitrogen and oxygen atoms in total. The summed E-state index contributed by atoms with van der Waals surface area (Å²) in [4.78, 5) is 10.8. The topological polar surface area (TPSA) is 38.3 Å². The summed E-state index contributed by atoms with van der Waals surface area (Å²) < 4.78 is 19.3. The van der Waals surface area contributed by atoms with Gasteiger partial charge in [0.15, 0.2) is 6.29 Å². The van der Waals surface area contributed by atoms with Crippen LogP contribution in [-0.4, -0.2) is 26.0 Å². The molecule has 3 rings (SSSR count). The SMILES string of the molecule is O=Cc1cc(C2CC2)c(OCC2CNC2)cc1F. The molecule has 0 radical (unpaired) electrons. The van der Waals surface area contributed by atoms with Crippen molar-refractivity contribution in [2.75, 3.05) is 19.7 Å². The predicted molar refractivity (Wildman–Crippen MR) is 65.6 cm³/mol. The van der Waals surface area contributed by atoms with Gasteiger partial charge >= 0.3 is 0 Å². The Kier molecular flexibility index (Phi) is 3.04. The van der Waals surface area contributed by atoms with Crippen LogP contribution in [0.4, 0.5) is 4.39 Å². The zero-order valence-electron chi connectivity index (χ0n) is 10.1. The van der Waals surface area contributed by atoms with Crippen molar-refractivity contribution in [3.8, 4) is 5.75 Å². The molecule has 1 aliphatic heterocycles. The average molecular weight is 249 g/mol. The lowest BCUT2D eigenvalue weighted by atomic mass is 10.0. The monoisotopic (exact) mass is 249 g/mol. The smallest absolute Gasteiger partial charge is 0.153 e. The first-order valence-electron chi connectivity index (χ1n) is 6.40. The van der Waals surface area contributed by atoms with Crippen LogP contribution in [-0.2, 0) is 0 Å². The molecule has 1 aliphatic carbocycles. The van der Waals surface area contributed by atoms with Crippen LogP contribution < -0.4 is 10.1 Å². The van der Waals surface area contributed by atoms with E-state index in [1.807, 2.05) is 0 Å². The van der Waals surface area contributed by atoms with E-state index in [9.17, 15) is 9.18 Å². The fraction of sp³-hybridized carbons (Fsp3) is 0.500. The second-order valence-corrected chi connectivity index (χ2v) is 5.14. The summed E-state index contributed by atoms with van der Waals surface area (Å²) in [5.41, 5.74) is 1.13. The molecule has 0 unspecified atom stereocenters. The molecule has 4 heteroatoms. The number of carbonyl (C=O) groups is 1. The highest BCUT2D eigenvalue weighted by atomic mass is 19.1. The Balaban J connectivity index is 1.81. The minimum atomic E-state index is -0.490. The second kappa shape index (κ2) is 4.69. The molecule has 2 aliphatic rings. The fourth-order valence-corrected chi connectivity index (χ4v) is 2.19. The van der Waals surface area contributed by atoms with Crippen LogP contribution in [0.2, 0.25) is 0 Å². The van der Waals surface area contributed by atoms with Crippen LogP contribution in [0.3, 0.4) is 0 Å². The van der Waals surface area contributed by atoms with E-state index in [0.717, 1.165) is 31.5 Å². The van der Waals surface area contributed by atoms with Gasteiger partial charge < -0.3 is 10.1 Å². The Morgan fingerprint density at radius 1 is 1.39 bits per heavy atom. The lowest BCUT2D eigenvalue weighted by Crippen LogP contribution is -2.45. The van der Waals surface area contributed by atoms with Gasteiger partial charge in [-0.25, -0.2) is 4.39 Å². The molecular formula is C14H16FNO2. The fourth-order valence-electron chi connectivity index (χ4n) is 2.19. The van der Waals surface area contributed by atoms with E-state index in [4.69, 9.17) is 4.74 Å². The van der Waals surface area contributed by atoms with E-state index < -0.39 is 5.82 Å². The molecule has 1 heterocycles. The number of rotatable bonds is 5. The van der Waals surface area contributed by atoms with E-state index in [0.29, 0.717) is 30.5 Å². The number of ether oxygens (including phenoxy) is 1. The summed E-state index contributed by atoms with van der Waals surface area (Å²) in [5, 5.41) is 3.18. The molecule has 1 aromatic carbocycles. The van der Waals surface area contributed by atoms with Crippen molar-refractivity contribution in [1.82, 2.24) is 5.32 Å². The highest BCUT2D eigenvalue weighted by Crippen LogP contribution is 2.45. The first-order chi connectivity index (χ1) is 8.78. The van der Waals surface area contributed by atoms with Gasteiger partial charge in [-0.15, -0.1) is 0 Å². The van der Waals surface area contributed by atoms with Crippen molar-refractivity contribution in [2.24, 2.45) is 5.92 Å². The quantitative estimate of drug-likeness (QED) is 0.812. The van der Waals surface area contributed by atoms with Gasteiger partial charge in [0, 0.05) is 25.1 Å². The molecule has 1 N–H and O–H groups in total. The lowest BCUT2D eigenvalue weighted by molar-refractivity contribution is 0.111. The van der Waals surface area contributed by atoms with Gasteiger partial charge in [0.1, 0.15) is 11.6 Å². The zero-order chi connectivity index (χ0) is 12.5. The second-order valence-electron chi connectivity index (χ2n) is 5.14. The van der Waals surface area contributed by atoms with E-state index in [1.165, 1.54) is 6.07 Å². The predicted octanol–water partition coefficient (Wildman–Crippen LogP) is 2.11. The Bertz CT molecular complexity index is 467. The largest absolute Gasteiger partial charge is 0.493 e. The number of hydrogen-bond acceptors (Lipinski definition) is 3. The van der Waals surface area contributed by atoms with Crippen LogP contribution >= 0.6 is 0 Å². The maximum atomic E-state index is 13.6. The van der Waals surface area contributed by atoms with Gasteiger partial charge in [0.05, 0.1) is 12.2 Å². The number of nitrogens with one attached hydrogen (secondary N) is 1. The van der Waals surface area contributed by atoms with Crippen LogP contribution in [0.1, 0.15) is 34.7 Å². The van der Waals surface area contributed by atoms with Gasteiger partial charge in [-0.2, -0.15) is 0 Å². The van der Waals surface area contributed by atoms with Crippen molar-refractivity contribution in [2.45, 2.75) is 18.8 Å². The molecule has 2 fully saturated rings. The molecule has 1 saturated carbocycles. The lowest BCUT2D eigenvalue weighted by Gasteiger charge is -2.27. The van der Waals surface area contributed by atoms with Gasteiger partial charge in [0.2, 0.25) is 0 Å². The maximum absolute atomic E-state index is 13.6. The first-order valence-corrected chi connectivity index (χ1v) is 6.40. The van der Waals surface area contributed by atoms with Crippen LogP contribution in [0, 0.1) is 11.7 Å². The first kappa shape index (κ1) is 11.7. The summed E-state index contributed by atoms with van der Waals surface area (Å²) in [7, 11) is 0. The normalized spacial score (nSPS) is 19.4. The number of aldehydes is 1. The molecule has 0 amide bonds. The van der Waals surface area contributed by atoms with E-state index in [2.05, 4.69) is 5.32 Å². The summed E-state index contributed by atoms with van der Waals surface area (Å²) >= 11 is 0. The minimum Gasteiger partial charge on any atom is -0.493 e. The number of benzene rings is 1. The standard InChI is InChI=1S/C14H16FNO2/c15-13-4-14(18-8-9-5-16-6-9)12(10-1-2-10)3-11(13)7-17/h3-4,7,9-10,16H,1-2,5-6,8H2. The van der Waals surface area contributed by atoms with Crippen molar-refractivity contribution < 1.29 is 13.9 Å². The zero-order valence-corrected chi connectivity index (χ0v) is 10.1. The van der Waals surface area contributed by atoms with Crippen molar-refractivity contribution in [3.05, 3.63) is 29.1 Å². The number of carbonyl (C=O) groups excluding carboxylic acids is 1. The highest BCUT2D eigenvalue weighted by Gasteiger charge is 2.28. The Morgan fingerprint density at radius 3 is 2.72 bits per heavy atom. The van der Waals surface area contributed by atoms with Crippen LogP contribution in [0.5, 0.6) is 5.75 Å². The average Bonchev–Trinajstić information content (AvgIpc) is 3.11. The van der Waals surface area contributed by atoms with Crippen molar-refractivity contribution in [1.29, 1.82) is 0 Å². The van der Waals surface area contributed by atoms with Crippen molar-refractivity contribution in [3.63, 3.8) is 0 Å². The Labute approximate surface area is 105 Å². The molecule has 1 saturated heterocycles. The van der Waals surface area contributed by atoms with Gasteiger partial charge in [-0.3, -0.25) is 4.79 Å². The summed E-state index contributed by atoms with van der Waals surface area (Å²) in [6.45, 7) is 2.55. The number of halogens is 1. The molecule has 0 spiro atoms. The van der Waals surface area contributed by atoms with Crippen molar-refractivity contribution >= 4 is 6.29 Å². The number of hydrogen-bond donors (Lipinski definition) is 1. The third-order valence-electron chi connectivity index (χ3n) is 3.61. The molecule has 96 valence electrons. The van der Waals surface area contributed by atoms with Crippen LogP contribution in [0.15, 0.2) is 12.1 Å². The van der Waals surface area contributed by atoms with E-state index in [-0.39, 0.29) is 5.56 Å². The maximum Gasteiger partial charge on any atom is 0.153 e. The summed E-state index contributed by atoms with van der Waals surface area (Å²) in [6.07, 6.45) is 2.78. The minimum absolute atomic E-state index is 0.134. The van der Waals surface area contributed by atoms with Gasteiger partial charge in [-0.1, -0.05) is 0 Å². The Hall–Kier alpha value is -1.42. The summed E-state index contributed by atoms with van der Waals surface area (Å²) in [6, 6.07) is 3.01. The molecule has 18 heavy (non-hydrogen) atoms. The highest BCUT2D eigenvalue weighted by molar-refractivity contribution is 5.76. The van der Waals surface area contributed by atoms with Gasteiger partial charge in [0.25, 0.3) is 0 Å². The van der Waals surface area contributed by atoms with Crippen LogP contribution in [0.25, 0.3) is 0 Å². The van der Waals surface area contributed by atoms with Gasteiger partial charge in [-0.05, 0) is 30.4 Å². The van der Waals surface area contributed by atoms with E-state index in [1.54, 1.807) is 6.07 Å². The molecular weight excluding hydrogens is 233 g/mol. The third kappa shape index (κ3) is 2.25. The molecule has 0 atom stereocenters. The Morgan fingerprint density at radius 2 is 2.17 bits per heavy atom.